The number of para-hydroxylation sites is 1. The summed E-state index contributed by atoms with van der Waals surface area (Å²) >= 11 is 0. The Balaban J connectivity index is 1.40. The predicted molar refractivity (Wildman–Crippen MR) is 112 cm³/mol. The van der Waals surface area contributed by atoms with Gasteiger partial charge < -0.3 is 10.6 Å². The molecule has 1 saturated heterocycles. The number of nitrogens with zero attached hydrogens (tertiary/aromatic N) is 2. The van der Waals surface area contributed by atoms with E-state index in [1.165, 1.54) is 18.4 Å². The minimum atomic E-state index is -0.430. The highest BCUT2D eigenvalue weighted by atomic mass is 16.6. The highest BCUT2D eigenvalue weighted by Gasteiger charge is 2.19. The first-order valence-electron chi connectivity index (χ1n) is 9.86. The number of anilines is 1. The van der Waals surface area contributed by atoms with Gasteiger partial charge in [0.05, 0.1) is 4.92 Å². The van der Waals surface area contributed by atoms with Gasteiger partial charge in [-0.25, -0.2) is 0 Å². The van der Waals surface area contributed by atoms with Crippen LogP contribution in [-0.4, -0.2) is 29.5 Å². The molecule has 148 valence electrons. The van der Waals surface area contributed by atoms with Crippen LogP contribution >= 0.6 is 0 Å². The molecule has 0 amide bonds. The highest BCUT2D eigenvalue weighted by molar-refractivity contribution is 5.47. The van der Waals surface area contributed by atoms with E-state index < -0.39 is 4.92 Å². The van der Waals surface area contributed by atoms with E-state index in [4.69, 9.17) is 0 Å². The minimum Gasteiger partial charge on any atom is -0.366 e. The monoisotopic (exact) mass is 380 g/mol. The third-order valence-corrected chi connectivity index (χ3v) is 5.11. The summed E-state index contributed by atoms with van der Waals surface area (Å²) in [6, 6.07) is 20.1. The van der Waals surface area contributed by atoms with Gasteiger partial charge in [0.15, 0.2) is 5.82 Å². The summed E-state index contributed by atoms with van der Waals surface area (Å²) in [5.41, 5.74) is 2.20. The third kappa shape index (κ3) is 6.70. The average molecular weight is 380 g/mol. The Morgan fingerprint density at radius 1 is 1.07 bits per heavy atom. The van der Waals surface area contributed by atoms with Crippen molar-refractivity contribution in [1.29, 1.82) is 0 Å². The zero-order valence-corrected chi connectivity index (χ0v) is 16.1. The van der Waals surface area contributed by atoms with Gasteiger partial charge in [-0.15, -0.1) is 0 Å². The number of nitro groups is 1. The van der Waals surface area contributed by atoms with E-state index in [2.05, 4.69) is 45.9 Å². The molecule has 28 heavy (non-hydrogen) atoms. The fourth-order valence-corrected chi connectivity index (χ4v) is 3.59. The van der Waals surface area contributed by atoms with Gasteiger partial charge in [-0.2, -0.15) is 0 Å². The van der Waals surface area contributed by atoms with Gasteiger partial charge in [0.1, 0.15) is 0 Å². The Kier molecular flexibility index (Phi) is 7.44. The molecule has 1 fully saturated rings. The van der Waals surface area contributed by atoms with Crippen molar-refractivity contribution in [3.63, 3.8) is 0 Å². The lowest BCUT2D eigenvalue weighted by molar-refractivity contribution is -0.403. The van der Waals surface area contributed by atoms with E-state index in [1.807, 2.05) is 30.3 Å². The first-order chi connectivity index (χ1) is 13.7. The van der Waals surface area contributed by atoms with Gasteiger partial charge >= 0.3 is 0 Å². The molecule has 0 spiro atoms. The molecule has 3 rings (SSSR count). The maximum atomic E-state index is 10.9. The largest absolute Gasteiger partial charge is 0.366 e. The van der Waals surface area contributed by atoms with Crippen molar-refractivity contribution >= 4 is 5.69 Å². The summed E-state index contributed by atoms with van der Waals surface area (Å²) in [5, 5.41) is 17.2. The molecule has 0 atom stereocenters. The van der Waals surface area contributed by atoms with Gasteiger partial charge in [-0.3, -0.25) is 15.0 Å². The highest BCUT2D eigenvalue weighted by Crippen LogP contribution is 2.21. The Labute approximate surface area is 166 Å². The van der Waals surface area contributed by atoms with E-state index in [9.17, 15) is 10.1 Å². The maximum absolute atomic E-state index is 10.9. The van der Waals surface area contributed by atoms with E-state index in [0.29, 0.717) is 11.7 Å². The molecule has 0 unspecified atom stereocenters. The maximum Gasteiger partial charge on any atom is 0.274 e. The molecule has 0 aliphatic carbocycles. The lowest BCUT2D eigenvalue weighted by Gasteiger charge is -2.32. The quantitative estimate of drug-likeness (QED) is 0.507. The van der Waals surface area contributed by atoms with Crippen molar-refractivity contribution in [2.75, 3.05) is 25.0 Å². The smallest absolute Gasteiger partial charge is 0.274 e. The van der Waals surface area contributed by atoms with Gasteiger partial charge in [0.25, 0.3) is 6.20 Å². The molecule has 6 nitrogen and oxygen atoms in total. The van der Waals surface area contributed by atoms with Crippen molar-refractivity contribution in [3.05, 3.63) is 88.4 Å². The van der Waals surface area contributed by atoms with Crippen LogP contribution in [0.2, 0.25) is 0 Å². The molecule has 0 bridgehead atoms. The third-order valence-electron chi connectivity index (χ3n) is 5.11. The molecule has 1 aliphatic heterocycles. The lowest BCUT2D eigenvalue weighted by atomic mass is 9.93. The molecule has 0 saturated carbocycles. The van der Waals surface area contributed by atoms with Crippen LogP contribution in [0.4, 0.5) is 5.69 Å². The number of rotatable bonds is 9. The summed E-state index contributed by atoms with van der Waals surface area (Å²) in [6.07, 6.45) is 4.37. The first kappa shape index (κ1) is 19.9. The van der Waals surface area contributed by atoms with E-state index >= 15 is 0 Å². The minimum absolute atomic E-state index is 0.428. The predicted octanol–water partition coefficient (Wildman–Crippen LogP) is 4.07. The van der Waals surface area contributed by atoms with Crippen LogP contribution in [0.25, 0.3) is 0 Å². The Hall–Kier alpha value is -2.86. The van der Waals surface area contributed by atoms with Crippen LogP contribution in [0.15, 0.2) is 72.7 Å². The van der Waals surface area contributed by atoms with Crippen molar-refractivity contribution < 1.29 is 4.92 Å². The van der Waals surface area contributed by atoms with Crippen molar-refractivity contribution in [2.24, 2.45) is 5.92 Å². The molecule has 0 radical (unpaired) electrons. The number of piperidine rings is 1. The summed E-state index contributed by atoms with van der Waals surface area (Å²) in [4.78, 5) is 13.0. The van der Waals surface area contributed by atoms with Gasteiger partial charge in [-0.05, 0) is 56.0 Å². The summed E-state index contributed by atoms with van der Waals surface area (Å²) in [7, 11) is 0. The van der Waals surface area contributed by atoms with E-state index in [-0.39, 0.29) is 0 Å². The number of nitrogens with one attached hydrogen (secondary N) is 2. The topological polar surface area (TPSA) is 70.4 Å². The second kappa shape index (κ2) is 10.5. The van der Waals surface area contributed by atoms with Gasteiger partial charge in [0, 0.05) is 18.8 Å². The number of benzene rings is 2. The molecule has 2 aromatic carbocycles. The Morgan fingerprint density at radius 3 is 2.36 bits per heavy atom. The SMILES string of the molecule is O=[N+]([O-])/C=C(/NCCC1CCN(Cc2ccccc2)CC1)Nc1ccccc1. The number of likely N-dealkylation sites (tertiary alicyclic amines) is 1. The molecule has 6 heteroatoms. The molecular formula is C22H28N4O2. The van der Waals surface area contributed by atoms with Crippen molar-refractivity contribution in [1.82, 2.24) is 10.2 Å². The molecule has 0 aromatic heterocycles. The van der Waals surface area contributed by atoms with Gasteiger partial charge in [0.2, 0.25) is 0 Å². The first-order valence-corrected chi connectivity index (χ1v) is 9.86. The fourth-order valence-electron chi connectivity index (χ4n) is 3.59. The van der Waals surface area contributed by atoms with E-state index in [0.717, 1.165) is 44.5 Å². The number of hydrogen-bond acceptors (Lipinski definition) is 5. The second-order valence-electron chi connectivity index (χ2n) is 7.24. The van der Waals surface area contributed by atoms with E-state index in [1.54, 1.807) is 0 Å². The van der Waals surface area contributed by atoms with Crippen molar-refractivity contribution in [2.45, 2.75) is 25.8 Å². The van der Waals surface area contributed by atoms with Crippen LogP contribution in [0.1, 0.15) is 24.8 Å². The molecule has 1 aliphatic rings. The van der Waals surface area contributed by atoms with Crippen molar-refractivity contribution in [3.8, 4) is 0 Å². The lowest BCUT2D eigenvalue weighted by Crippen LogP contribution is -2.34. The fraction of sp³-hybridized carbons (Fsp3) is 0.364. The molecular weight excluding hydrogens is 352 g/mol. The summed E-state index contributed by atoms with van der Waals surface area (Å²) in [6.45, 7) is 3.96. The normalized spacial score (nSPS) is 15.9. The second-order valence-corrected chi connectivity index (χ2v) is 7.24. The summed E-state index contributed by atoms with van der Waals surface area (Å²) < 4.78 is 0. The molecule has 2 aromatic rings. The van der Waals surface area contributed by atoms with Crippen LogP contribution in [0.3, 0.4) is 0 Å². The Bertz CT molecular complexity index is 757. The number of hydrogen-bond donors (Lipinski definition) is 2. The van der Waals surface area contributed by atoms with Crippen LogP contribution < -0.4 is 10.6 Å². The summed E-state index contributed by atoms with van der Waals surface area (Å²) in [5.74, 6) is 1.09. The molecule has 1 heterocycles. The zero-order valence-electron chi connectivity index (χ0n) is 16.1. The zero-order chi connectivity index (χ0) is 19.6. The molecule has 2 N–H and O–H groups in total. The average Bonchev–Trinajstić information content (AvgIpc) is 2.70. The Morgan fingerprint density at radius 2 is 1.71 bits per heavy atom. The van der Waals surface area contributed by atoms with Crippen LogP contribution in [0, 0.1) is 16.0 Å². The standard InChI is InChI=1S/C22H28N4O2/c27-26(28)18-22(24-21-9-5-2-6-10-21)23-14-11-19-12-15-25(16-13-19)17-20-7-3-1-4-8-20/h1-10,18-19,23-24H,11-17H2/b22-18-. The van der Waals surface area contributed by atoms with Gasteiger partial charge in [-0.1, -0.05) is 48.5 Å². The van der Waals surface area contributed by atoms with Crippen LogP contribution in [0.5, 0.6) is 0 Å². The van der Waals surface area contributed by atoms with Crippen LogP contribution in [-0.2, 0) is 6.54 Å².